The topological polar surface area (TPSA) is 74.3 Å². The van der Waals surface area contributed by atoms with Crippen LogP contribution in [0.5, 0.6) is 0 Å². The van der Waals surface area contributed by atoms with Gasteiger partial charge in [-0.15, -0.1) is 0 Å². The molecular formula is C35H33NO6. The average molecular weight is 564 g/mol. The van der Waals surface area contributed by atoms with E-state index in [1.54, 1.807) is 24.3 Å². The van der Waals surface area contributed by atoms with Crippen LogP contribution >= 0.6 is 0 Å². The van der Waals surface area contributed by atoms with Gasteiger partial charge in [-0.2, -0.15) is 0 Å². The number of ether oxygens (including phenoxy) is 4. The van der Waals surface area contributed by atoms with Crippen molar-refractivity contribution in [3.63, 3.8) is 0 Å². The van der Waals surface area contributed by atoms with E-state index >= 15 is 0 Å². The summed E-state index contributed by atoms with van der Waals surface area (Å²) in [4.78, 5) is 28.6. The zero-order valence-electron chi connectivity index (χ0n) is 23.2. The van der Waals surface area contributed by atoms with Crippen molar-refractivity contribution in [2.75, 3.05) is 6.61 Å². The summed E-state index contributed by atoms with van der Waals surface area (Å²) in [5.74, 6) is -0.741. The molecule has 0 radical (unpaired) electrons. The van der Waals surface area contributed by atoms with Gasteiger partial charge in [0.15, 0.2) is 6.29 Å². The van der Waals surface area contributed by atoms with Crippen LogP contribution in [0.3, 0.4) is 0 Å². The molecule has 7 heteroatoms. The highest BCUT2D eigenvalue weighted by molar-refractivity contribution is 6.21. The average Bonchev–Trinajstić information content (AvgIpc) is 3.29. The van der Waals surface area contributed by atoms with Crippen LogP contribution in [0.25, 0.3) is 0 Å². The summed E-state index contributed by atoms with van der Waals surface area (Å²) >= 11 is 0. The fraction of sp³-hybridized carbons (Fsp3) is 0.257. The maximum absolute atomic E-state index is 13.7. The Morgan fingerprint density at radius 2 is 1.10 bits per heavy atom. The standard InChI is InChI=1S/C35H33NO6/c37-33-29-18-10-11-19-30(29)34(38)36(33)32-31(40-22-26-14-6-2-7-15-26)20-28(24-39-21-25-12-4-1-5-13-25)42-35(32)41-23-27-16-8-3-9-17-27/h1-19,28,31-32,35H,20-24H2/t28-,31+,32+,35-/m1/s1. The second-order valence-electron chi connectivity index (χ2n) is 10.5. The molecule has 7 nitrogen and oxygen atoms in total. The highest BCUT2D eigenvalue weighted by atomic mass is 16.7. The minimum atomic E-state index is -0.924. The summed E-state index contributed by atoms with van der Waals surface area (Å²) in [5.41, 5.74) is 3.75. The van der Waals surface area contributed by atoms with Crippen molar-refractivity contribution in [1.29, 1.82) is 0 Å². The zero-order valence-corrected chi connectivity index (χ0v) is 23.2. The van der Waals surface area contributed by atoms with Crippen molar-refractivity contribution >= 4 is 11.8 Å². The van der Waals surface area contributed by atoms with E-state index in [2.05, 4.69) is 0 Å². The zero-order chi connectivity index (χ0) is 28.7. The third-order valence-electron chi connectivity index (χ3n) is 7.58. The van der Waals surface area contributed by atoms with Crippen LogP contribution in [-0.4, -0.2) is 47.9 Å². The molecule has 6 rings (SSSR count). The lowest BCUT2D eigenvalue weighted by Gasteiger charge is -2.44. The van der Waals surface area contributed by atoms with Gasteiger partial charge in [0.1, 0.15) is 6.04 Å². The first-order valence-electron chi connectivity index (χ1n) is 14.2. The predicted molar refractivity (Wildman–Crippen MR) is 156 cm³/mol. The molecule has 1 saturated heterocycles. The van der Waals surface area contributed by atoms with Crippen molar-refractivity contribution in [1.82, 2.24) is 4.90 Å². The van der Waals surface area contributed by atoms with Gasteiger partial charge in [-0.05, 0) is 28.8 Å². The number of nitrogens with zero attached hydrogens (tertiary/aromatic N) is 1. The van der Waals surface area contributed by atoms with Gasteiger partial charge in [-0.25, -0.2) is 0 Å². The number of imide groups is 1. The summed E-state index contributed by atoms with van der Waals surface area (Å²) in [6, 6.07) is 35.6. The first-order valence-corrected chi connectivity index (χ1v) is 14.2. The van der Waals surface area contributed by atoms with E-state index in [4.69, 9.17) is 18.9 Å². The van der Waals surface area contributed by atoms with Gasteiger partial charge in [0.2, 0.25) is 0 Å². The van der Waals surface area contributed by atoms with E-state index in [1.807, 2.05) is 91.0 Å². The van der Waals surface area contributed by atoms with Crippen LogP contribution in [0.1, 0.15) is 43.8 Å². The van der Waals surface area contributed by atoms with Crippen molar-refractivity contribution in [3.8, 4) is 0 Å². The van der Waals surface area contributed by atoms with Crippen LogP contribution < -0.4 is 0 Å². The third kappa shape index (κ3) is 6.35. The fourth-order valence-electron chi connectivity index (χ4n) is 5.49. The molecule has 0 aliphatic carbocycles. The van der Waals surface area contributed by atoms with Crippen molar-refractivity contribution < 1.29 is 28.5 Å². The molecule has 2 aliphatic heterocycles. The van der Waals surface area contributed by atoms with Gasteiger partial charge in [-0.1, -0.05) is 103 Å². The van der Waals surface area contributed by atoms with E-state index in [0.717, 1.165) is 16.7 Å². The van der Waals surface area contributed by atoms with Gasteiger partial charge >= 0.3 is 0 Å². The largest absolute Gasteiger partial charge is 0.374 e. The molecule has 42 heavy (non-hydrogen) atoms. The number of amides is 2. The molecule has 4 aromatic rings. The number of rotatable bonds is 11. The Kier molecular flexibility index (Phi) is 8.82. The summed E-state index contributed by atoms with van der Waals surface area (Å²) in [6.45, 7) is 1.30. The lowest BCUT2D eigenvalue weighted by atomic mass is 9.98. The Morgan fingerprint density at radius 3 is 1.64 bits per heavy atom. The monoisotopic (exact) mass is 563 g/mol. The van der Waals surface area contributed by atoms with E-state index in [-0.39, 0.29) is 24.5 Å². The summed E-state index contributed by atoms with van der Waals surface area (Å²) in [7, 11) is 0. The first-order chi connectivity index (χ1) is 20.7. The van der Waals surface area contributed by atoms with Gasteiger partial charge in [0.05, 0.1) is 49.8 Å². The van der Waals surface area contributed by atoms with Gasteiger partial charge < -0.3 is 18.9 Å². The van der Waals surface area contributed by atoms with Gasteiger partial charge in [0.25, 0.3) is 11.8 Å². The maximum atomic E-state index is 13.7. The fourth-order valence-corrected chi connectivity index (χ4v) is 5.49. The molecule has 2 heterocycles. The summed E-state index contributed by atoms with van der Waals surface area (Å²) in [5, 5.41) is 0. The minimum absolute atomic E-state index is 0.244. The molecule has 0 bridgehead atoms. The van der Waals surface area contributed by atoms with Crippen LogP contribution in [0.4, 0.5) is 0 Å². The number of carbonyl (C=O) groups is 2. The second kappa shape index (κ2) is 13.2. The summed E-state index contributed by atoms with van der Waals surface area (Å²) in [6.07, 6.45) is -1.42. The van der Waals surface area contributed by atoms with Crippen LogP contribution in [0.15, 0.2) is 115 Å². The minimum Gasteiger partial charge on any atom is -0.374 e. The molecule has 0 saturated carbocycles. The molecule has 2 amide bonds. The Labute approximate surface area is 245 Å². The molecule has 0 N–H and O–H groups in total. The Morgan fingerprint density at radius 1 is 0.619 bits per heavy atom. The molecule has 4 atom stereocenters. The number of hydrogen-bond donors (Lipinski definition) is 0. The number of hydrogen-bond acceptors (Lipinski definition) is 6. The second-order valence-corrected chi connectivity index (χ2v) is 10.5. The van der Waals surface area contributed by atoms with Crippen LogP contribution in [0.2, 0.25) is 0 Å². The quantitative estimate of drug-likeness (QED) is 0.215. The van der Waals surface area contributed by atoms with Crippen molar-refractivity contribution in [2.45, 2.75) is 50.8 Å². The Hall–Kier alpha value is -4.14. The number of fused-ring (bicyclic) bond motifs is 1. The SMILES string of the molecule is O=C1c2ccccc2C(=O)N1[C@@H]1[C@H](OCc2ccccc2)O[C@@H](COCc2ccccc2)C[C@@H]1OCc1ccccc1. The van der Waals surface area contributed by atoms with Crippen molar-refractivity contribution in [3.05, 3.63) is 143 Å². The van der Waals surface area contributed by atoms with Crippen LogP contribution in [0, 0.1) is 0 Å². The van der Waals surface area contributed by atoms with E-state index < -0.39 is 18.4 Å². The van der Waals surface area contributed by atoms with Gasteiger partial charge in [0, 0.05) is 6.42 Å². The van der Waals surface area contributed by atoms with E-state index in [0.29, 0.717) is 37.4 Å². The molecule has 0 unspecified atom stereocenters. The van der Waals surface area contributed by atoms with Gasteiger partial charge in [-0.3, -0.25) is 14.5 Å². The number of benzene rings is 4. The Balaban J connectivity index is 1.27. The third-order valence-corrected chi connectivity index (χ3v) is 7.58. The molecule has 4 aromatic carbocycles. The molecule has 1 fully saturated rings. The van der Waals surface area contributed by atoms with Crippen molar-refractivity contribution in [2.24, 2.45) is 0 Å². The predicted octanol–water partition coefficient (Wildman–Crippen LogP) is 5.79. The maximum Gasteiger partial charge on any atom is 0.262 e. The molecule has 2 aliphatic rings. The first kappa shape index (κ1) is 28.0. The Bertz CT molecular complexity index is 1390. The normalized spacial score (nSPS) is 21.9. The van der Waals surface area contributed by atoms with E-state index in [9.17, 15) is 9.59 Å². The molecule has 214 valence electrons. The lowest BCUT2D eigenvalue weighted by molar-refractivity contribution is -0.261. The lowest BCUT2D eigenvalue weighted by Crippen LogP contribution is -2.60. The smallest absolute Gasteiger partial charge is 0.262 e. The summed E-state index contributed by atoms with van der Waals surface area (Å²) < 4.78 is 25.4. The van der Waals surface area contributed by atoms with E-state index in [1.165, 1.54) is 4.90 Å². The molecular weight excluding hydrogens is 530 g/mol. The molecule has 0 aromatic heterocycles. The molecule has 0 spiro atoms. The van der Waals surface area contributed by atoms with Crippen LogP contribution in [-0.2, 0) is 38.8 Å². The highest BCUT2D eigenvalue weighted by Crippen LogP contribution is 2.34. The number of carbonyl (C=O) groups excluding carboxylic acids is 2. The highest BCUT2D eigenvalue weighted by Gasteiger charge is 2.51.